The SMILES string of the molecule is [2H]C(=NCC(OC)OC)c1ccc(Br)cc1. The van der Waals surface area contributed by atoms with Gasteiger partial charge >= 0.3 is 0 Å². The Labute approximate surface area is 99.7 Å². The second-order valence-corrected chi connectivity index (χ2v) is 3.78. The Morgan fingerprint density at radius 2 is 2.00 bits per heavy atom. The van der Waals surface area contributed by atoms with Crippen molar-refractivity contribution in [3.05, 3.63) is 34.3 Å². The molecule has 0 aliphatic heterocycles. The van der Waals surface area contributed by atoms with Crippen molar-refractivity contribution >= 4 is 22.1 Å². The topological polar surface area (TPSA) is 30.8 Å². The van der Waals surface area contributed by atoms with Crippen molar-refractivity contribution in [3.63, 3.8) is 0 Å². The summed E-state index contributed by atoms with van der Waals surface area (Å²) in [5.74, 6) is 0. The number of hydrogen-bond donors (Lipinski definition) is 0. The number of methoxy groups -OCH3 is 2. The van der Waals surface area contributed by atoms with Gasteiger partial charge in [-0.25, -0.2) is 0 Å². The van der Waals surface area contributed by atoms with Crippen LogP contribution in [0.1, 0.15) is 6.93 Å². The van der Waals surface area contributed by atoms with E-state index in [0.717, 1.165) is 10.0 Å². The van der Waals surface area contributed by atoms with E-state index in [4.69, 9.17) is 10.8 Å². The maximum atomic E-state index is 7.75. The van der Waals surface area contributed by atoms with Gasteiger partial charge in [0.05, 0.1) is 7.92 Å². The zero-order valence-corrected chi connectivity index (χ0v) is 10.3. The molecule has 0 heterocycles. The molecule has 0 radical (unpaired) electrons. The molecule has 0 saturated carbocycles. The van der Waals surface area contributed by atoms with Crippen LogP contribution < -0.4 is 0 Å². The fourth-order valence-electron chi connectivity index (χ4n) is 0.981. The summed E-state index contributed by atoms with van der Waals surface area (Å²) in [4.78, 5) is 4.08. The highest BCUT2D eigenvalue weighted by Gasteiger charge is 2.00. The monoisotopic (exact) mass is 272 g/mol. The predicted octanol–water partition coefficient (Wildman–Crippen LogP) is 2.49. The summed E-state index contributed by atoms with van der Waals surface area (Å²) < 4.78 is 18.7. The van der Waals surface area contributed by atoms with Crippen LogP contribution in [0.3, 0.4) is 0 Å². The molecular formula is C11H14BrNO2. The summed E-state index contributed by atoms with van der Waals surface area (Å²) in [6.07, 6.45) is -0.164. The lowest BCUT2D eigenvalue weighted by Gasteiger charge is -2.09. The van der Waals surface area contributed by atoms with E-state index < -0.39 is 6.29 Å². The fourth-order valence-corrected chi connectivity index (χ4v) is 1.25. The van der Waals surface area contributed by atoms with Crippen LogP contribution in [-0.2, 0) is 9.47 Å². The van der Waals surface area contributed by atoms with Gasteiger partial charge < -0.3 is 9.47 Å². The third kappa shape index (κ3) is 4.55. The van der Waals surface area contributed by atoms with Gasteiger partial charge in [-0.1, -0.05) is 28.1 Å². The summed E-state index contributed by atoms with van der Waals surface area (Å²) in [7, 11) is 3.10. The average Bonchev–Trinajstić information content (AvgIpc) is 2.31. The molecule has 1 rings (SSSR count). The lowest BCUT2D eigenvalue weighted by Crippen LogP contribution is -2.16. The van der Waals surface area contributed by atoms with E-state index in [1.54, 1.807) is 14.2 Å². The molecule has 0 saturated heterocycles. The molecule has 0 aliphatic rings. The minimum absolute atomic E-state index is 0.228. The van der Waals surface area contributed by atoms with Crippen LogP contribution in [0.5, 0.6) is 0 Å². The van der Waals surface area contributed by atoms with Gasteiger partial charge in [0.15, 0.2) is 6.29 Å². The zero-order valence-electron chi connectivity index (χ0n) is 9.74. The summed E-state index contributed by atoms with van der Waals surface area (Å²) >= 11 is 3.34. The molecule has 0 fully saturated rings. The van der Waals surface area contributed by atoms with Gasteiger partial charge in [0, 0.05) is 24.9 Å². The average molecular weight is 273 g/mol. The standard InChI is InChI=1S/C11H14BrNO2/c1-14-11(15-2)8-13-7-9-3-5-10(12)6-4-9/h3-7,11H,8H2,1-2H3/i7D. The second kappa shape index (κ2) is 6.71. The van der Waals surface area contributed by atoms with Gasteiger partial charge in [0.2, 0.25) is 0 Å². The molecule has 82 valence electrons. The summed E-state index contributed by atoms with van der Waals surface area (Å²) in [5, 5.41) is 0. The molecule has 0 N–H and O–H groups in total. The Kier molecular flexibility index (Phi) is 4.83. The quantitative estimate of drug-likeness (QED) is 0.609. The molecule has 1 aromatic carbocycles. The van der Waals surface area contributed by atoms with Crippen LogP contribution >= 0.6 is 15.9 Å². The Morgan fingerprint density at radius 1 is 1.40 bits per heavy atom. The van der Waals surface area contributed by atoms with Crippen molar-refractivity contribution in [2.45, 2.75) is 6.29 Å². The maximum absolute atomic E-state index is 7.75. The first kappa shape index (κ1) is 10.8. The molecule has 0 amide bonds. The highest BCUT2D eigenvalue weighted by atomic mass is 79.9. The van der Waals surface area contributed by atoms with E-state index >= 15 is 0 Å². The Hall–Kier alpha value is -0.710. The van der Waals surface area contributed by atoms with Gasteiger partial charge in [-0.05, 0) is 17.7 Å². The number of rotatable bonds is 5. The molecule has 0 unspecified atom stereocenters. The molecule has 0 aliphatic carbocycles. The molecule has 3 nitrogen and oxygen atoms in total. The van der Waals surface area contributed by atoms with Crippen LogP contribution in [0.4, 0.5) is 0 Å². The van der Waals surface area contributed by atoms with Crippen LogP contribution in [0.25, 0.3) is 0 Å². The van der Waals surface area contributed by atoms with E-state index in [2.05, 4.69) is 20.9 Å². The smallest absolute Gasteiger partial charge is 0.176 e. The predicted molar refractivity (Wildman–Crippen MR) is 64.4 cm³/mol. The third-order valence-electron chi connectivity index (χ3n) is 1.82. The van der Waals surface area contributed by atoms with Crippen molar-refractivity contribution in [1.29, 1.82) is 0 Å². The molecule has 15 heavy (non-hydrogen) atoms. The van der Waals surface area contributed by atoms with Gasteiger partial charge in [-0.2, -0.15) is 0 Å². The summed E-state index contributed by atoms with van der Waals surface area (Å²) in [5.41, 5.74) is 0.772. The molecule has 0 aromatic heterocycles. The normalized spacial score (nSPS) is 13.1. The number of benzene rings is 1. The van der Waals surface area contributed by atoms with E-state index in [0.29, 0.717) is 6.54 Å². The maximum Gasteiger partial charge on any atom is 0.176 e. The number of nitrogens with zero attached hydrogens (tertiary/aromatic N) is 1. The summed E-state index contributed by atoms with van der Waals surface area (Å²) in [6, 6.07) is 7.43. The largest absolute Gasteiger partial charge is 0.354 e. The van der Waals surface area contributed by atoms with Crippen LogP contribution in [0.2, 0.25) is 0 Å². The van der Waals surface area contributed by atoms with Crippen molar-refractivity contribution < 1.29 is 10.8 Å². The third-order valence-corrected chi connectivity index (χ3v) is 2.35. The molecule has 0 spiro atoms. The lowest BCUT2D eigenvalue weighted by atomic mass is 10.2. The Bertz CT molecular complexity index is 350. The van der Waals surface area contributed by atoms with Crippen molar-refractivity contribution in [2.75, 3.05) is 20.8 Å². The van der Waals surface area contributed by atoms with Crippen molar-refractivity contribution in [1.82, 2.24) is 0 Å². The number of ether oxygens (including phenoxy) is 2. The van der Waals surface area contributed by atoms with Crippen molar-refractivity contribution in [3.8, 4) is 0 Å². The van der Waals surface area contributed by atoms with Gasteiger partial charge in [0.25, 0.3) is 0 Å². The van der Waals surface area contributed by atoms with Crippen LogP contribution in [0, 0.1) is 0 Å². The first-order valence-electron chi connectivity index (χ1n) is 5.00. The number of halogens is 1. The van der Waals surface area contributed by atoms with Crippen molar-refractivity contribution in [2.24, 2.45) is 4.99 Å². The summed E-state index contributed by atoms with van der Waals surface area (Å²) in [6.45, 7) is 0.321. The molecule has 0 bridgehead atoms. The highest BCUT2D eigenvalue weighted by molar-refractivity contribution is 9.10. The number of aliphatic imine (C=N–C) groups is 1. The lowest BCUT2D eigenvalue weighted by molar-refractivity contribution is -0.0936. The van der Waals surface area contributed by atoms with E-state index in [1.165, 1.54) is 0 Å². The first-order chi connectivity index (χ1) is 7.67. The van der Waals surface area contributed by atoms with E-state index in [1.807, 2.05) is 24.3 Å². The van der Waals surface area contributed by atoms with Gasteiger partial charge in [-0.15, -0.1) is 0 Å². The Balaban J connectivity index is 2.66. The highest BCUT2D eigenvalue weighted by Crippen LogP contribution is 2.09. The number of hydrogen-bond acceptors (Lipinski definition) is 3. The zero-order chi connectivity index (χ0) is 12.0. The first-order valence-corrected chi connectivity index (χ1v) is 5.29. The van der Waals surface area contributed by atoms with E-state index in [9.17, 15) is 0 Å². The molecule has 0 atom stereocenters. The van der Waals surface area contributed by atoms with Gasteiger partial charge in [0.1, 0.15) is 0 Å². The molecule has 4 heteroatoms. The Morgan fingerprint density at radius 3 is 2.53 bits per heavy atom. The van der Waals surface area contributed by atoms with Crippen LogP contribution in [-0.4, -0.2) is 33.2 Å². The molecule has 1 aromatic rings. The minimum atomic E-state index is -0.393. The fraction of sp³-hybridized carbons (Fsp3) is 0.364. The minimum Gasteiger partial charge on any atom is -0.354 e. The van der Waals surface area contributed by atoms with E-state index in [-0.39, 0.29) is 6.19 Å². The molecular weight excluding hydrogens is 258 g/mol. The second-order valence-electron chi connectivity index (χ2n) is 2.86. The van der Waals surface area contributed by atoms with Gasteiger partial charge in [-0.3, -0.25) is 4.99 Å². The van der Waals surface area contributed by atoms with Crippen LogP contribution in [0.15, 0.2) is 33.7 Å².